The van der Waals surface area contributed by atoms with Crippen molar-refractivity contribution in [3.05, 3.63) is 83.0 Å². The molecule has 2 N–H and O–H groups in total. The van der Waals surface area contributed by atoms with Gasteiger partial charge < -0.3 is 10.3 Å². The minimum atomic E-state index is 0.834. The van der Waals surface area contributed by atoms with E-state index in [1.807, 2.05) is 0 Å². The molecule has 6 aromatic rings. The van der Waals surface area contributed by atoms with E-state index in [4.69, 9.17) is 0 Å². The van der Waals surface area contributed by atoms with Gasteiger partial charge >= 0.3 is 0 Å². The van der Waals surface area contributed by atoms with E-state index in [1.165, 1.54) is 44.1 Å². The third-order valence-electron chi connectivity index (χ3n) is 6.41. The number of aromatic amines is 1. The first kappa shape index (κ1) is 19.9. The smallest absolute Gasteiger partial charge is 0.143 e. The van der Waals surface area contributed by atoms with Crippen LogP contribution in [-0.2, 0) is 6.42 Å². The predicted octanol–water partition coefficient (Wildman–Crippen LogP) is 7.92. The van der Waals surface area contributed by atoms with Gasteiger partial charge in [-0.05, 0) is 49.1 Å². The van der Waals surface area contributed by atoms with Crippen LogP contribution < -0.4 is 5.32 Å². The lowest BCUT2D eigenvalue weighted by Crippen LogP contribution is -1.96. The summed E-state index contributed by atoms with van der Waals surface area (Å²) in [6.45, 7) is 6.49. The van der Waals surface area contributed by atoms with Crippen LogP contribution in [0.3, 0.4) is 0 Å². The Morgan fingerprint density at radius 1 is 0.939 bits per heavy atom. The number of aryl methyl sites for hydroxylation is 3. The molecule has 0 spiro atoms. The van der Waals surface area contributed by atoms with Gasteiger partial charge in [-0.1, -0.05) is 55.0 Å². The van der Waals surface area contributed by atoms with E-state index >= 15 is 0 Å². The summed E-state index contributed by atoms with van der Waals surface area (Å²) >= 11 is 1.66. The van der Waals surface area contributed by atoms with Crippen LogP contribution in [0.1, 0.15) is 23.6 Å². The van der Waals surface area contributed by atoms with E-state index in [0.29, 0.717) is 0 Å². The van der Waals surface area contributed by atoms with Crippen molar-refractivity contribution >= 4 is 54.9 Å². The van der Waals surface area contributed by atoms with E-state index in [-0.39, 0.29) is 0 Å². The van der Waals surface area contributed by atoms with E-state index in [0.717, 1.165) is 33.7 Å². The first-order chi connectivity index (χ1) is 16.1. The zero-order chi connectivity index (χ0) is 22.5. The third-order valence-corrected chi connectivity index (χ3v) is 7.29. The topological polar surface area (TPSA) is 53.6 Å². The summed E-state index contributed by atoms with van der Waals surface area (Å²) in [5.74, 6) is 0.834. The number of nitrogens with zero attached hydrogens (tertiary/aromatic N) is 2. The largest absolute Gasteiger partial charge is 0.354 e. The fourth-order valence-corrected chi connectivity index (χ4v) is 5.69. The minimum Gasteiger partial charge on any atom is -0.354 e. The van der Waals surface area contributed by atoms with Crippen molar-refractivity contribution in [3.8, 4) is 11.1 Å². The molecule has 33 heavy (non-hydrogen) atoms. The summed E-state index contributed by atoms with van der Waals surface area (Å²) in [4.78, 5) is 13.8. The van der Waals surface area contributed by atoms with Gasteiger partial charge in [-0.15, -0.1) is 11.3 Å². The van der Waals surface area contributed by atoms with Crippen LogP contribution >= 0.6 is 11.3 Å². The van der Waals surface area contributed by atoms with Crippen LogP contribution in [0, 0.1) is 13.8 Å². The standard InChI is InChI=1S/C28H24N4S/c1-4-18-6-5-7-22-21-11-9-19(13-24(21)32-26(18)22)31-27-25-23(14-33-28(25)30-15-29-27)20-10-8-16(2)12-17(20)3/h5-15,32H,4H2,1-3H3,(H,29,30,31). The Balaban J connectivity index is 1.46. The summed E-state index contributed by atoms with van der Waals surface area (Å²) in [6.07, 6.45) is 2.65. The van der Waals surface area contributed by atoms with Crippen LogP contribution in [0.4, 0.5) is 11.5 Å². The Morgan fingerprint density at radius 2 is 1.85 bits per heavy atom. The average molecular weight is 449 g/mol. The second-order valence-electron chi connectivity index (χ2n) is 8.57. The number of aromatic nitrogens is 3. The zero-order valence-electron chi connectivity index (χ0n) is 18.9. The lowest BCUT2D eigenvalue weighted by molar-refractivity contribution is 1.15. The molecule has 0 amide bonds. The monoisotopic (exact) mass is 448 g/mol. The summed E-state index contributed by atoms with van der Waals surface area (Å²) in [6, 6.07) is 19.6. The lowest BCUT2D eigenvalue weighted by atomic mass is 9.99. The van der Waals surface area contributed by atoms with Gasteiger partial charge in [-0.3, -0.25) is 0 Å². The molecular weight excluding hydrogens is 424 g/mol. The van der Waals surface area contributed by atoms with Gasteiger partial charge in [0, 0.05) is 38.4 Å². The molecule has 162 valence electrons. The molecule has 3 heterocycles. The number of nitrogens with one attached hydrogen (secondary N) is 2. The van der Waals surface area contributed by atoms with Gasteiger partial charge in [0.25, 0.3) is 0 Å². The Bertz CT molecular complexity index is 1660. The number of thiophene rings is 1. The highest BCUT2D eigenvalue weighted by atomic mass is 32.1. The molecular formula is C28H24N4S. The number of rotatable bonds is 4. The SMILES string of the molecule is CCc1cccc2c1[nH]c1cc(Nc3ncnc4scc(-c5ccc(C)cc5C)c34)ccc12. The van der Waals surface area contributed by atoms with Crippen molar-refractivity contribution in [1.82, 2.24) is 15.0 Å². The molecule has 0 fully saturated rings. The molecule has 0 aliphatic rings. The number of H-pyrrole nitrogens is 1. The molecule has 3 aromatic heterocycles. The molecule has 3 aromatic carbocycles. The van der Waals surface area contributed by atoms with Crippen molar-refractivity contribution in [2.24, 2.45) is 0 Å². The Hall–Kier alpha value is -3.70. The highest BCUT2D eigenvalue weighted by Gasteiger charge is 2.15. The Morgan fingerprint density at radius 3 is 2.70 bits per heavy atom. The third kappa shape index (κ3) is 3.28. The molecule has 0 radical (unpaired) electrons. The molecule has 0 unspecified atom stereocenters. The number of fused-ring (bicyclic) bond motifs is 4. The van der Waals surface area contributed by atoms with Gasteiger partial charge in [-0.25, -0.2) is 9.97 Å². The first-order valence-electron chi connectivity index (χ1n) is 11.2. The zero-order valence-corrected chi connectivity index (χ0v) is 19.7. The molecule has 0 saturated carbocycles. The fraction of sp³-hybridized carbons (Fsp3) is 0.143. The van der Waals surface area contributed by atoms with Gasteiger partial charge in [-0.2, -0.15) is 0 Å². The fourth-order valence-electron chi connectivity index (χ4n) is 4.78. The molecule has 5 heteroatoms. The predicted molar refractivity (Wildman–Crippen MR) is 141 cm³/mol. The second-order valence-corrected chi connectivity index (χ2v) is 9.43. The molecule has 0 saturated heterocycles. The summed E-state index contributed by atoms with van der Waals surface area (Å²) in [5, 5.41) is 9.35. The van der Waals surface area contributed by atoms with Crippen LogP contribution in [0.25, 0.3) is 43.1 Å². The Kier molecular flexibility index (Phi) is 4.66. The number of benzene rings is 3. The average Bonchev–Trinajstić information content (AvgIpc) is 3.41. The van der Waals surface area contributed by atoms with Crippen LogP contribution in [-0.4, -0.2) is 15.0 Å². The van der Waals surface area contributed by atoms with Crippen molar-refractivity contribution in [1.29, 1.82) is 0 Å². The molecule has 0 atom stereocenters. The van der Waals surface area contributed by atoms with Crippen molar-refractivity contribution in [2.75, 3.05) is 5.32 Å². The summed E-state index contributed by atoms with van der Waals surface area (Å²) in [5.41, 5.74) is 9.63. The number of hydrogen-bond donors (Lipinski definition) is 2. The van der Waals surface area contributed by atoms with E-state index < -0.39 is 0 Å². The van der Waals surface area contributed by atoms with Crippen LogP contribution in [0.2, 0.25) is 0 Å². The number of anilines is 2. The van der Waals surface area contributed by atoms with E-state index in [2.05, 4.69) is 101 Å². The highest BCUT2D eigenvalue weighted by Crippen LogP contribution is 2.39. The maximum Gasteiger partial charge on any atom is 0.143 e. The molecule has 6 rings (SSSR count). The van der Waals surface area contributed by atoms with Crippen LogP contribution in [0.5, 0.6) is 0 Å². The maximum atomic E-state index is 4.63. The quantitative estimate of drug-likeness (QED) is 0.288. The van der Waals surface area contributed by atoms with Gasteiger partial charge in [0.1, 0.15) is 17.0 Å². The van der Waals surface area contributed by atoms with Crippen molar-refractivity contribution in [3.63, 3.8) is 0 Å². The van der Waals surface area contributed by atoms with Crippen LogP contribution in [0.15, 0.2) is 66.3 Å². The first-order valence-corrected chi connectivity index (χ1v) is 12.1. The van der Waals surface area contributed by atoms with E-state index in [9.17, 15) is 0 Å². The van der Waals surface area contributed by atoms with E-state index in [1.54, 1.807) is 17.7 Å². The molecule has 4 nitrogen and oxygen atoms in total. The minimum absolute atomic E-state index is 0.834. The van der Waals surface area contributed by atoms with Crippen molar-refractivity contribution < 1.29 is 0 Å². The highest BCUT2D eigenvalue weighted by molar-refractivity contribution is 7.17. The van der Waals surface area contributed by atoms with Crippen molar-refractivity contribution in [2.45, 2.75) is 27.2 Å². The summed E-state index contributed by atoms with van der Waals surface area (Å²) in [7, 11) is 0. The second kappa shape index (κ2) is 7.71. The summed E-state index contributed by atoms with van der Waals surface area (Å²) < 4.78 is 0. The lowest BCUT2D eigenvalue weighted by Gasteiger charge is -2.10. The number of para-hydroxylation sites is 1. The normalized spacial score (nSPS) is 11.6. The number of hydrogen-bond acceptors (Lipinski definition) is 4. The maximum absolute atomic E-state index is 4.63. The molecule has 0 bridgehead atoms. The Labute approximate surface area is 196 Å². The molecule has 0 aliphatic carbocycles. The van der Waals surface area contributed by atoms with Gasteiger partial charge in [0.2, 0.25) is 0 Å². The van der Waals surface area contributed by atoms with Gasteiger partial charge in [0.15, 0.2) is 0 Å². The molecule has 0 aliphatic heterocycles. The van der Waals surface area contributed by atoms with Gasteiger partial charge in [0.05, 0.1) is 5.39 Å².